The second kappa shape index (κ2) is 17.8. The van der Waals surface area contributed by atoms with E-state index in [-0.39, 0.29) is 12.7 Å². The van der Waals surface area contributed by atoms with Gasteiger partial charge in [0.15, 0.2) is 6.29 Å². The van der Waals surface area contributed by atoms with Gasteiger partial charge in [-0.3, -0.25) is 9.59 Å². The molecule has 222 valence electrons. The summed E-state index contributed by atoms with van der Waals surface area (Å²) in [7, 11) is 5.72. The summed E-state index contributed by atoms with van der Waals surface area (Å²) in [5, 5.41) is 0. The fourth-order valence-electron chi connectivity index (χ4n) is 4.22. The highest BCUT2D eigenvalue weighted by molar-refractivity contribution is 5.67. The van der Waals surface area contributed by atoms with E-state index < -0.39 is 36.4 Å². The third-order valence-corrected chi connectivity index (χ3v) is 6.22. The first-order valence-electron chi connectivity index (χ1n) is 13.1. The molecule has 2 aromatic rings. The molecule has 0 amide bonds. The molecule has 0 bridgehead atoms. The summed E-state index contributed by atoms with van der Waals surface area (Å²) >= 11 is 0. The molecule has 0 aromatic heterocycles. The fourth-order valence-corrected chi connectivity index (χ4v) is 4.22. The van der Waals surface area contributed by atoms with Crippen molar-refractivity contribution in [2.75, 3.05) is 28.4 Å². The largest absolute Gasteiger partial charge is 0.450 e. The second-order valence-electron chi connectivity index (χ2n) is 9.10. The summed E-state index contributed by atoms with van der Waals surface area (Å²) in [5.41, 5.74) is 1.92. The van der Waals surface area contributed by atoms with Crippen molar-refractivity contribution in [3.63, 3.8) is 0 Å². The highest BCUT2D eigenvalue weighted by Crippen LogP contribution is 2.30. The van der Waals surface area contributed by atoms with Crippen molar-refractivity contribution in [2.45, 2.75) is 76.9 Å². The van der Waals surface area contributed by atoms with Crippen LogP contribution in [0.25, 0.3) is 0 Å². The Balaban J connectivity index is 2.36. The molecule has 0 spiro atoms. The highest BCUT2D eigenvalue weighted by atomic mass is 16.9. The number of esters is 2. The van der Waals surface area contributed by atoms with Gasteiger partial charge >= 0.3 is 17.9 Å². The SMILES string of the molecule is COC(CC(CCC(OCc1ccccc1)C(OC(C)=O)C(OC)(OC)OC(C)=O)OCc1ccccc1)OC. The Labute approximate surface area is 236 Å². The zero-order valence-electron chi connectivity index (χ0n) is 24.2. The molecule has 0 saturated carbocycles. The molecule has 3 atom stereocenters. The van der Waals surface area contributed by atoms with Gasteiger partial charge in [0.05, 0.1) is 19.3 Å². The van der Waals surface area contributed by atoms with Gasteiger partial charge in [-0.2, -0.15) is 0 Å². The standard InChI is InChI=1S/C30H42O10/c1-22(31)39-29(30(35-5,36-6)40-23(2)32)27(38-21-25-15-11-8-12-16-25)18-17-26(19-28(33-3)34-4)37-20-24-13-9-7-10-14-24/h7-16,26-29H,17-21H2,1-6H3. The molecule has 10 heteroatoms. The molecule has 0 N–H and O–H groups in total. The smallest absolute Gasteiger partial charge is 0.370 e. The number of hydrogen-bond acceptors (Lipinski definition) is 10. The fraction of sp³-hybridized carbons (Fsp3) is 0.533. The molecule has 0 aliphatic carbocycles. The normalized spacial score (nSPS) is 14.0. The summed E-state index contributed by atoms with van der Waals surface area (Å²) in [6, 6.07) is 19.3. The van der Waals surface area contributed by atoms with Crippen LogP contribution < -0.4 is 0 Å². The third kappa shape index (κ3) is 11.0. The first kappa shape index (κ1) is 33.3. The van der Waals surface area contributed by atoms with Gasteiger partial charge in [-0.1, -0.05) is 60.7 Å². The van der Waals surface area contributed by atoms with Gasteiger partial charge < -0.3 is 37.9 Å². The lowest BCUT2D eigenvalue weighted by atomic mass is 10.0. The van der Waals surface area contributed by atoms with Gasteiger partial charge in [-0.25, -0.2) is 0 Å². The monoisotopic (exact) mass is 562 g/mol. The number of methoxy groups -OCH3 is 4. The number of hydrogen-bond donors (Lipinski definition) is 0. The molecule has 0 aliphatic heterocycles. The quantitative estimate of drug-likeness (QED) is 0.181. The first-order chi connectivity index (χ1) is 19.3. The van der Waals surface area contributed by atoms with E-state index in [1.807, 2.05) is 60.7 Å². The minimum atomic E-state index is -2.04. The average Bonchev–Trinajstić information content (AvgIpc) is 2.96. The van der Waals surface area contributed by atoms with Crippen LogP contribution >= 0.6 is 0 Å². The predicted octanol–water partition coefficient (Wildman–Crippen LogP) is 4.39. The van der Waals surface area contributed by atoms with E-state index in [9.17, 15) is 9.59 Å². The van der Waals surface area contributed by atoms with Gasteiger partial charge in [0.2, 0.25) is 6.10 Å². The van der Waals surface area contributed by atoms with Crippen molar-refractivity contribution >= 4 is 11.9 Å². The van der Waals surface area contributed by atoms with Gasteiger partial charge in [0.1, 0.15) is 6.10 Å². The van der Waals surface area contributed by atoms with E-state index in [0.717, 1.165) is 11.1 Å². The van der Waals surface area contributed by atoms with Crippen LogP contribution in [0.5, 0.6) is 0 Å². The summed E-state index contributed by atoms with van der Waals surface area (Å²) in [5.74, 6) is -3.35. The van der Waals surface area contributed by atoms with Crippen LogP contribution in [0, 0.1) is 0 Å². The average molecular weight is 563 g/mol. The number of rotatable bonds is 19. The first-order valence-corrected chi connectivity index (χ1v) is 13.1. The molecule has 2 rings (SSSR count). The summed E-state index contributed by atoms with van der Waals surface area (Å²) < 4.78 is 45.5. The molecule has 10 nitrogen and oxygen atoms in total. The number of ether oxygens (including phenoxy) is 8. The van der Waals surface area contributed by atoms with Crippen LogP contribution in [0.1, 0.15) is 44.2 Å². The Kier molecular flexibility index (Phi) is 14.8. The van der Waals surface area contributed by atoms with E-state index in [1.165, 1.54) is 28.1 Å². The maximum Gasteiger partial charge on any atom is 0.370 e. The summed E-state index contributed by atoms with van der Waals surface area (Å²) in [4.78, 5) is 24.3. The Hall–Kier alpha value is -2.86. The molecule has 0 heterocycles. The van der Waals surface area contributed by atoms with E-state index in [2.05, 4.69) is 0 Å². The third-order valence-electron chi connectivity index (χ3n) is 6.22. The number of carbonyl (C=O) groups excluding carboxylic acids is 2. The molecule has 0 saturated heterocycles. The zero-order chi connectivity index (χ0) is 29.4. The zero-order valence-corrected chi connectivity index (χ0v) is 24.2. The van der Waals surface area contributed by atoms with E-state index in [0.29, 0.717) is 25.9 Å². The van der Waals surface area contributed by atoms with Crippen LogP contribution in [0.3, 0.4) is 0 Å². The van der Waals surface area contributed by atoms with Crippen molar-refractivity contribution in [2.24, 2.45) is 0 Å². The van der Waals surface area contributed by atoms with Gasteiger partial charge in [-0.15, -0.1) is 0 Å². The van der Waals surface area contributed by atoms with Crippen molar-refractivity contribution < 1.29 is 47.5 Å². The van der Waals surface area contributed by atoms with E-state index in [1.54, 1.807) is 14.2 Å². The summed E-state index contributed by atoms with van der Waals surface area (Å²) in [6.45, 7) is 3.03. The molecule has 2 aromatic carbocycles. The molecule has 0 fully saturated rings. The summed E-state index contributed by atoms with van der Waals surface area (Å²) in [6.07, 6.45) is -1.69. The van der Waals surface area contributed by atoms with Crippen molar-refractivity contribution in [3.05, 3.63) is 71.8 Å². The molecule has 3 unspecified atom stereocenters. The van der Waals surface area contributed by atoms with Crippen LogP contribution in [0.15, 0.2) is 60.7 Å². The van der Waals surface area contributed by atoms with Gasteiger partial charge in [-0.05, 0) is 24.0 Å². The van der Waals surface area contributed by atoms with Crippen LogP contribution in [-0.2, 0) is 60.7 Å². The topological polar surface area (TPSA) is 108 Å². The maximum atomic E-state index is 12.2. The Morgan fingerprint density at radius 1 is 0.725 bits per heavy atom. The molecule has 40 heavy (non-hydrogen) atoms. The van der Waals surface area contributed by atoms with Crippen LogP contribution in [0.2, 0.25) is 0 Å². The predicted molar refractivity (Wildman–Crippen MR) is 146 cm³/mol. The Morgan fingerprint density at radius 3 is 1.70 bits per heavy atom. The lowest BCUT2D eigenvalue weighted by Crippen LogP contribution is -2.57. The van der Waals surface area contributed by atoms with Gasteiger partial charge in [0.25, 0.3) is 0 Å². The molecule has 0 aliphatic rings. The van der Waals surface area contributed by atoms with Crippen molar-refractivity contribution in [3.8, 4) is 0 Å². The maximum absolute atomic E-state index is 12.2. The highest BCUT2D eigenvalue weighted by Gasteiger charge is 2.51. The van der Waals surface area contributed by atoms with Crippen molar-refractivity contribution in [1.82, 2.24) is 0 Å². The van der Waals surface area contributed by atoms with Crippen LogP contribution in [-0.4, -0.2) is 71.0 Å². The molecular weight excluding hydrogens is 520 g/mol. The Morgan fingerprint density at radius 2 is 1.25 bits per heavy atom. The lowest BCUT2D eigenvalue weighted by molar-refractivity contribution is -0.391. The van der Waals surface area contributed by atoms with Crippen LogP contribution in [0.4, 0.5) is 0 Å². The Bertz CT molecular complexity index is 976. The minimum Gasteiger partial charge on any atom is -0.450 e. The van der Waals surface area contributed by atoms with Crippen molar-refractivity contribution in [1.29, 1.82) is 0 Å². The van der Waals surface area contributed by atoms with E-state index >= 15 is 0 Å². The second-order valence-corrected chi connectivity index (χ2v) is 9.10. The number of benzene rings is 2. The lowest BCUT2D eigenvalue weighted by Gasteiger charge is -2.39. The number of carbonyl (C=O) groups is 2. The minimum absolute atomic E-state index is 0.196. The van der Waals surface area contributed by atoms with Gasteiger partial charge in [0, 0.05) is 48.7 Å². The van der Waals surface area contributed by atoms with E-state index in [4.69, 9.17) is 37.9 Å². The molecular formula is C30H42O10. The molecule has 0 radical (unpaired) electrons.